The fraction of sp³-hybridized carbons (Fsp3) is 0.632. The molecule has 1 aliphatic rings. The Balaban J connectivity index is 0.00000364. The van der Waals surface area contributed by atoms with Crippen LogP contribution >= 0.6 is 35.6 Å². The van der Waals surface area contributed by atoms with Crippen LogP contribution in [-0.2, 0) is 17.3 Å². The molecular formula is C19H32ClIN4OS. The average Bonchev–Trinajstić information content (AvgIpc) is 2.60. The third-order valence-corrected chi connectivity index (χ3v) is 6.65. The van der Waals surface area contributed by atoms with Crippen LogP contribution in [0.5, 0.6) is 0 Å². The monoisotopic (exact) mass is 526 g/mol. The van der Waals surface area contributed by atoms with Crippen LogP contribution in [0.1, 0.15) is 26.3 Å². The lowest BCUT2D eigenvalue weighted by molar-refractivity contribution is 0.172. The molecule has 5 nitrogen and oxygen atoms in total. The van der Waals surface area contributed by atoms with Crippen molar-refractivity contribution in [3.63, 3.8) is 0 Å². The van der Waals surface area contributed by atoms with Crippen LogP contribution in [0.15, 0.2) is 29.3 Å². The van der Waals surface area contributed by atoms with Crippen LogP contribution in [-0.4, -0.2) is 70.2 Å². The van der Waals surface area contributed by atoms with Gasteiger partial charge in [-0.3, -0.25) is 14.1 Å². The van der Waals surface area contributed by atoms with E-state index in [1.54, 1.807) is 0 Å². The second kappa shape index (κ2) is 11.6. The molecule has 0 aromatic heterocycles. The highest BCUT2D eigenvalue weighted by Crippen LogP contribution is 2.13. The summed E-state index contributed by atoms with van der Waals surface area (Å²) in [6.45, 7) is 11.5. The zero-order chi connectivity index (χ0) is 19.2. The Morgan fingerprint density at radius 2 is 1.78 bits per heavy atom. The summed E-state index contributed by atoms with van der Waals surface area (Å²) in [7, 11) is 0.964. The molecule has 1 aromatic rings. The van der Waals surface area contributed by atoms with Gasteiger partial charge in [-0.25, -0.2) is 0 Å². The van der Waals surface area contributed by atoms with Crippen LogP contribution in [0.3, 0.4) is 0 Å². The number of rotatable bonds is 5. The molecule has 8 heteroatoms. The van der Waals surface area contributed by atoms with Gasteiger partial charge < -0.3 is 10.2 Å². The molecule has 0 radical (unpaired) electrons. The summed E-state index contributed by atoms with van der Waals surface area (Å²) in [5.74, 6) is 1.54. The molecule has 0 spiro atoms. The predicted octanol–water partition coefficient (Wildman–Crippen LogP) is 3.20. The van der Waals surface area contributed by atoms with Gasteiger partial charge in [0.05, 0.1) is 0 Å². The number of benzene rings is 1. The van der Waals surface area contributed by atoms with E-state index < -0.39 is 10.8 Å². The quantitative estimate of drug-likeness (QED) is 0.364. The van der Waals surface area contributed by atoms with E-state index in [4.69, 9.17) is 11.6 Å². The van der Waals surface area contributed by atoms with Crippen LogP contribution in [0.2, 0.25) is 5.02 Å². The number of hydrogen-bond donors (Lipinski definition) is 1. The van der Waals surface area contributed by atoms with Crippen LogP contribution in [0, 0.1) is 0 Å². The number of aliphatic imine (C=N–C) groups is 1. The molecular weight excluding hydrogens is 495 g/mol. The van der Waals surface area contributed by atoms with E-state index in [1.807, 2.05) is 40.0 Å². The molecule has 1 unspecified atom stereocenters. The fourth-order valence-electron chi connectivity index (χ4n) is 2.86. The van der Waals surface area contributed by atoms with E-state index in [9.17, 15) is 4.21 Å². The zero-order valence-electron chi connectivity index (χ0n) is 16.7. The van der Waals surface area contributed by atoms with Crippen molar-refractivity contribution in [2.75, 3.05) is 45.5 Å². The first-order valence-electron chi connectivity index (χ1n) is 9.10. The van der Waals surface area contributed by atoms with Crippen molar-refractivity contribution in [3.05, 3.63) is 34.9 Å². The minimum absolute atomic E-state index is 0. The van der Waals surface area contributed by atoms with Crippen molar-refractivity contribution in [1.29, 1.82) is 0 Å². The molecule has 1 N–H and O–H groups in total. The predicted molar refractivity (Wildman–Crippen MR) is 128 cm³/mol. The Hall–Kier alpha value is -0.380. The molecule has 0 saturated carbocycles. The van der Waals surface area contributed by atoms with Crippen molar-refractivity contribution in [3.8, 4) is 0 Å². The minimum Gasteiger partial charge on any atom is -0.355 e. The highest BCUT2D eigenvalue weighted by molar-refractivity contribution is 14.0. The summed E-state index contributed by atoms with van der Waals surface area (Å²) in [4.78, 5) is 9.11. The summed E-state index contributed by atoms with van der Waals surface area (Å²) < 4.78 is 12.0. The Morgan fingerprint density at radius 1 is 1.19 bits per heavy atom. The summed E-state index contributed by atoms with van der Waals surface area (Å²) in [6.07, 6.45) is 0. The van der Waals surface area contributed by atoms with E-state index >= 15 is 0 Å². The molecule has 1 atom stereocenters. The zero-order valence-corrected chi connectivity index (χ0v) is 20.6. The lowest BCUT2D eigenvalue weighted by atomic mass is 10.2. The van der Waals surface area contributed by atoms with Crippen molar-refractivity contribution in [2.24, 2.45) is 4.99 Å². The lowest BCUT2D eigenvalue weighted by Gasteiger charge is -2.36. The van der Waals surface area contributed by atoms with Crippen molar-refractivity contribution < 1.29 is 4.21 Å². The summed E-state index contributed by atoms with van der Waals surface area (Å²) >= 11 is 5.95. The van der Waals surface area contributed by atoms with Crippen molar-refractivity contribution >= 4 is 52.3 Å². The molecule has 1 heterocycles. The van der Waals surface area contributed by atoms with Crippen molar-refractivity contribution in [1.82, 2.24) is 15.1 Å². The van der Waals surface area contributed by atoms with Gasteiger partial charge >= 0.3 is 0 Å². The maximum atomic E-state index is 12.2. The molecule has 2 rings (SSSR count). The second-order valence-electron chi connectivity index (χ2n) is 7.53. The van der Waals surface area contributed by atoms with Crippen LogP contribution in [0.4, 0.5) is 0 Å². The van der Waals surface area contributed by atoms with Gasteiger partial charge in [0.15, 0.2) is 5.96 Å². The van der Waals surface area contributed by atoms with Gasteiger partial charge in [-0.05, 0) is 38.5 Å². The summed E-state index contributed by atoms with van der Waals surface area (Å²) in [5, 5.41) is 4.14. The highest BCUT2D eigenvalue weighted by atomic mass is 127. The molecule has 0 bridgehead atoms. The standard InChI is InChI=1S/C19H31ClN4OS.HI/c1-19(2,3)26(25)14-9-22-18(21-4)24-12-10-23(11-13-24)15-16-5-7-17(20)8-6-16;/h5-8H,9-15H2,1-4H3,(H,21,22);1H. The number of piperazine rings is 1. The number of hydrogen-bond acceptors (Lipinski definition) is 3. The maximum Gasteiger partial charge on any atom is 0.193 e. The molecule has 1 fully saturated rings. The molecule has 154 valence electrons. The van der Waals surface area contributed by atoms with E-state index in [0.29, 0.717) is 12.3 Å². The fourth-order valence-corrected chi connectivity index (χ4v) is 3.89. The number of nitrogens with zero attached hydrogens (tertiary/aromatic N) is 3. The second-order valence-corrected chi connectivity index (χ2v) is 10.3. The van der Waals surface area contributed by atoms with E-state index in [-0.39, 0.29) is 28.7 Å². The number of halogens is 2. The Labute approximate surface area is 188 Å². The molecule has 27 heavy (non-hydrogen) atoms. The van der Waals surface area contributed by atoms with Gasteiger partial charge in [-0.1, -0.05) is 23.7 Å². The van der Waals surface area contributed by atoms with Gasteiger partial charge in [0.1, 0.15) is 0 Å². The largest absolute Gasteiger partial charge is 0.355 e. The molecule has 1 saturated heterocycles. The first-order chi connectivity index (χ1) is 12.3. The van der Waals surface area contributed by atoms with Gasteiger partial charge in [-0.2, -0.15) is 0 Å². The van der Waals surface area contributed by atoms with E-state index in [1.165, 1.54) is 5.56 Å². The van der Waals surface area contributed by atoms with E-state index in [2.05, 4.69) is 32.2 Å². The Bertz CT molecular complexity index is 626. The first-order valence-corrected chi connectivity index (χ1v) is 10.8. The summed E-state index contributed by atoms with van der Waals surface area (Å²) in [5.41, 5.74) is 1.29. The normalized spacial score (nSPS) is 17.4. The minimum atomic E-state index is -0.844. The van der Waals surface area contributed by atoms with Crippen LogP contribution in [0.25, 0.3) is 0 Å². The van der Waals surface area contributed by atoms with Crippen LogP contribution < -0.4 is 5.32 Å². The number of nitrogens with one attached hydrogen (secondary N) is 1. The van der Waals surface area contributed by atoms with E-state index in [0.717, 1.165) is 43.7 Å². The first kappa shape index (κ1) is 24.7. The maximum absolute atomic E-state index is 12.2. The smallest absolute Gasteiger partial charge is 0.193 e. The van der Waals surface area contributed by atoms with Gasteiger partial charge in [-0.15, -0.1) is 24.0 Å². The third kappa shape index (κ3) is 8.25. The van der Waals surface area contributed by atoms with Gasteiger partial charge in [0.25, 0.3) is 0 Å². The molecule has 1 aromatic carbocycles. The Morgan fingerprint density at radius 3 is 2.30 bits per heavy atom. The molecule has 0 amide bonds. The lowest BCUT2D eigenvalue weighted by Crippen LogP contribution is -2.52. The number of guanidine groups is 1. The molecule has 1 aliphatic heterocycles. The van der Waals surface area contributed by atoms with Crippen molar-refractivity contribution in [2.45, 2.75) is 32.1 Å². The Kier molecular flexibility index (Phi) is 10.6. The third-order valence-electron chi connectivity index (χ3n) is 4.46. The average molecular weight is 527 g/mol. The topological polar surface area (TPSA) is 47.9 Å². The van der Waals surface area contributed by atoms with Gasteiger partial charge in [0.2, 0.25) is 0 Å². The molecule has 0 aliphatic carbocycles. The SMILES string of the molecule is CN=C(NCCS(=O)C(C)(C)C)N1CCN(Cc2ccc(Cl)cc2)CC1.I. The van der Waals surface area contributed by atoms with Gasteiger partial charge in [0, 0.05) is 72.6 Å². The highest BCUT2D eigenvalue weighted by Gasteiger charge is 2.21. The summed E-state index contributed by atoms with van der Waals surface area (Å²) in [6, 6.07) is 8.07.